The predicted octanol–water partition coefficient (Wildman–Crippen LogP) is 7.30. The fourth-order valence-electron chi connectivity index (χ4n) is 4.83. The number of rotatable bonds is 7. The Morgan fingerprint density at radius 3 is 2.60 bits per heavy atom. The van der Waals surface area contributed by atoms with Crippen LogP contribution < -0.4 is 10.1 Å². The highest BCUT2D eigenvalue weighted by molar-refractivity contribution is 6.32. The van der Waals surface area contributed by atoms with Crippen LogP contribution in [0.5, 0.6) is 11.5 Å². The Kier molecular flexibility index (Phi) is 7.39. The molecule has 6 rings (SSSR count). The molecule has 1 saturated heterocycles. The van der Waals surface area contributed by atoms with Crippen molar-refractivity contribution in [1.29, 1.82) is 5.26 Å². The van der Waals surface area contributed by atoms with E-state index in [1.54, 1.807) is 12.3 Å². The van der Waals surface area contributed by atoms with Crippen molar-refractivity contribution in [3.8, 4) is 28.9 Å². The van der Waals surface area contributed by atoms with Gasteiger partial charge in [0.15, 0.2) is 0 Å². The van der Waals surface area contributed by atoms with Crippen LogP contribution in [0, 0.1) is 11.3 Å². The van der Waals surface area contributed by atoms with E-state index >= 15 is 0 Å². The van der Waals surface area contributed by atoms with Gasteiger partial charge in [-0.3, -0.25) is 9.88 Å². The lowest BCUT2D eigenvalue weighted by Crippen LogP contribution is -2.43. The van der Waals surface area contributed by atoms with Crippen molar-refractivity contribution in [2.75, 3.05) is 38.5 Å². The van der Waals surface area contributed by atoms with E-state index in [0.717, 1.165) is 66.4 Å². The average Bonchev–Trinajstić information content (AvgIpc) is 3.45. The van der Waals surface area contributed by atoms with E-state index in [-0.39, 0.29) is 0 Å². The molecule has 0 bridgehead atoms. The van der Waals surface area contributed by atoms with Gasteiger partial charge in [-0.1, -0.05) is 35.9 Å². The minimum absolute atomic E-state index is 0.438. The van der Waals surface area contributed by atoms with E-state index < -0.39 is 0 Å². The number of fused-ring (bicyclic) bond motifs is 1. The van der Waals surface area contributed by atoms with E-state index in [9.17, 15) is 5.26 Å². The highest BCUT2D eigenvalue weighted by Gasteiger charge is 2.17. The summed E-state index contributed by atoms with van der Waals surface area (Å²) in [6.45, 7) is 5.03. The summed E-state index contributed by atoms with van der Waals surface area (Å²) in [4.78, 5) is 9.32. The molecule has 7 nitrogen and oxygen atoms in total. The molecule has 1 fully saturated rings. The molecule has 5 aromatic rings. The largest absolute Gasteiger partial charge is 0.460 e. The van der Waals surface area contributed by atoms with Crippen molar-refractivity contribution in [2.24, 2.45) is 0 Å². The fraction of sp³-hybridized carbons (Fsp3) is 0.188. The van der Waals surface area contributed by atoms with Crippen LogP contribution in [0.1, 0.15) is 11.3 Å². The second kappa shape index (κ2) is 11.4. The molecular formula is C32H28ClN5O2. The van der Waals surface area contributed by atoms with Crippen LogP contribution in [0.15, 0.2) is 89.5 Å². The summed E-state index contributed by atoms with van der Waals surface area (Å²) in [6.07, 6.45) is 1.59. The molecular weight excluding hydrogens is 522 g/mol. The zero-order valence-corrected chi connectivity index (χ0v) is 22.9. The zero-order chi connectivity index (χ0) is 27.5. The first-order valence-electron chi connectivity index (χ1n) is 13.2. The molecule has 0 spiro atoms. The van der Waals surface area contributed by atoms with E-state index in [4.69, 9.17) is 20.8 Å². The third-order valence-electron chi connectivity index (χ3n) is 7.08. The lowest BCUT2D eigenvalue weighted by molar-refractivity contribution is 0.140. The smallest absolute Gasteiger partial charge is 0.146 e. The van der Waals surface area contributed by atoms with Crippen molar-refractivity contribution in [1.82, 2.24) is 14.8 Å². The normalized spacial score (nSPS) is 14.2. The van der Waals surface area contributed by atoms with E-state index in [0.29, 0.717) is 27.8 Å². The van der Waals surface area contributed by atoms with Gasteiger partial charge in [-0.2, -0.15) is 5.26 Å². The number of piperazine rings is 1. The summed E-state index contributed by atoms with van der Waals surface area (Å²) in [6, 6.07) is 27.2. The van der Waals surface area contributed by atoms with Crippen molar-refractivity contribution in [3.63, 3.8) is 0 Å². The minimum Gasteiger partial charge on any atom is -0.460 e. The summed E-state index contributed by atoms with van der Waals surface area (Å²) in [5, 5.41) is 14.5. The molecule has 3 aromatic carbocycles. The topological polar surface area (TPSA) is 77.6 Å². The number of nitrogens with one attached hydrogen (secondary N) is 1. The predicted molar refractivity (Wildman–Crippen MR) is 158 cm³/mol. The summed E-state index contributed by atoms with van der Waals surface area (Å²) < 4.78 is 12.1. The van der Waals surface area contributed by atoms with Crippen molar-refractivity contribution < 1.29 is 9.15 Å². The number of hydrogen-bond acceptors (Lipinski definition) is 7. The number of benzene rings is 3. The van der Waals surface area contributed by atoms with Crippen LogP contribution in [0.4, 0.5) is 11.4 Å². The summed E-state index contributed by atoms with van der Waals surface area (Å²) in [5.74, 6) is 3.00. The Balaban J connectivity index is 1.23. The molecule has 0 atom stereocenters. The van der Waals surface area contributed by atoms with Gasteiger partial charge in [0.25, 0.3) is 0 Å². The monoisotopic (exact) mass is 549 g/mol. The van der Waals surface area contributed by atoms with Crippen LogP contribution in [0.25, 0.3) is 22.2 Å². The Bertz CT molecular complexity index is 1690. The fourth-order valence-corrected chi connectivity index (χ4v) is 5.05. The lowest BCUT2D eigenvalue weighted by Gasteiger charge is -2.31. The third kappa shape index (κ3) is 5.65. The molecule has 200 valence electrons. The Morgan fingerprint density at radius 2 is 1.82 bits per heavy atom. The molecule has 2 aromatic heterocycles. The second-order valence-electron chi connectivity index (χ2n) is 9.92. The van der Waals surface area contributed by atoms with Gasteiger partial charge in [-0.05, 0) is 61.6 Å². The molecule has 0 aliphatic carbocycles. The molecule has 0 amide bonds. The third-order valence-corrected chi connectivity index (χ3v) is 7.38. The Hall–Kier alpha value is -4.35. The van der Waals surface area contributed by atoms with Gasteiger partial charge < -0.3 is 19.4 Å². The molecule has 0 unspecified atom stereocenters. The van der Waals surface area contributed by atoms with Crippen LogP contribution in [-0.4, -0.2) is 48.0 Å². The average molecular weight is 550 g/mol. The van der Waals surface area contributed by atoms with Crippen LogP contribution in [-0.2, 0) is 6.54 Å². The number of likely N-dealkylation sites (N-methyl/N-ethyl adjacent to an activating group) is 1. The van der Waals surface area contributed by atoms with Crippen LogP contribution in [0.2, 0.25) is 5.02 Å². The Morgan fingerprint density at radius 1 is 1.00 bits per heavy atom. The number of para-hydroxylation sites is 1. The number of halogens is 1. The van der Waals surface area contributed by atoms with Gasteiger partial charge in [0.2, 0.25) is 0 Å². The maximum atomic E-state index is 9.81. The molecule has 1 aliphatic heterocycles. The summed E-state index contributed by atoms with van der Waals surface area (Å²) >= 11 is 6.54. The van der Waals surface area contributed by atoms with E-state index in [1.165, 1.54) is 0 Å². The first kappa shape index (κ1) is 25.9. The first-order valence-corrected chi connectivity index (χ1v) is 13.6. The first-order chi connectivity index (χ1) is 19.6. The maximum absolute atomic E-state index is 9.81. The van der Waals surface area contributed by atoms with Gasteiger partial charge >= 0.3 is 0 Å². The van der Waals surface area contributed by atoms with Gasteiger partial charge in [-0.15, -0.1) is 0 Å². The number of aromatic nitrogens is 1. The zero-order valence-electron chi connectivity index (χ0n) is 22.1. The van der Waals surface area contributed by atoms with Gasteiger partial charge in [0.05, 0.1) is 28.3 Å². The maximum Gasteiger partial charge on any atom is 0.146 e. The molecule has 0 saturated carbocycles. The number of pyridine rings is 1. The van der Waals surface area contributed by atoms with Crippen molar-refractivity contribution >= 4 is 33.9 Å². The molecule has 40 heavy (non-hydrogen) atoms. The van der Waals surface area contributed by atoms with Gasteiger partial charge in [0.1, 0.15) is 29.1 Å². The Labute approximate surface area is 238 Å². The summed E-state index contributed by atoms with van der Waals surface area (Å²) in [7, 11) is 2.16. The number of nitrogens with zero attached hydrogens (tertiary/aromatic N) is 4. The quantitative estimate of drug-likeness (QED) is 0.228. The van der Waals surface area contributed by atoms with Crippen LogP contribution >= 0.6 is 11.6 Å². The lowest BCUT2D eigenvalue weighted by atomic mass is 10.1. The standard InChI is InChI=1S/C32H28ClN5O2/c1-37-13-15-38(16-14-37)21-26-9-12-30(40-26)22-7-10-27-29(17-22)35-20-23(19-34)32(27)36-24-8-11-31(28(33)18-24)39-25-5-3-2-4-6-25/h2-12,17-18,20H,13-16,21H2,1H3,(H,35,36). The van der Waals surface area contributed by atoms with Gasteiger partial charge in [0, 0.05) is 49.0 Å². The molecule has 8 heteroatoms. The number of nitriles is 1. The SMILES string of the molecule is CN1CCN(Cc2ccc(-c3ccc4c(Nc5ccc(Oc6ccccc6)c(Cl)c5)c(C#N)cnc4c3)o2)CC1. The molecule has 1 N–H and O–H groups in total. The van der Waals surface area contributed by atoms with Crippen molar-refractivity contribution in [3.05, 3.63) is 101 Å². The van der Waals surface area contributed by atoms with E-state index in [1.807, 2.05) is 72.8 Å². The summed E-state index contributed by atoms with van der Waals surface area (Å²) in [5.41, 5.74) is 3.53. The van der Waals surface area contributed by atoms with Crippen LogP contribution in [0.3, 0.4) is 0 Å². The molecule has 0 radical (unpaired) electrons. The number of furan rings is 1. The van der Waals surface area contributed by atoms with Gasteiger partial charge in [-0.25, -0.2) is 0 Å². The second-order valence-corrected chi connectivity index (χ2v) is 10.3. The molecule has 3 heterocycles. The minimum atomic E-state index is 0.438. The number of anilines is 2. The highest BCUT2D eigenvalue weighted by Crippen LogP contribution is 2.36. The molecule has 1 aliphatic rings. The van der Waals surface area contributed by atoms with E-state index in [2.05, 4.69) is 33.2 Å². The van der Waals surface area contributed by atoms with Crippen molar-refractivity contribution in [2.45, 2.75) is 6.54 Å². The highest BCUT2D eigenvalue weighted by atomic mass is 35.5. The number of hydrogen-bond donors (Lipinski definition) is 1. The number of ether oxygens (including phenoxy) is 1.